The first-order valence-electron chi connectivity index (χ1n) is 7.60. The predicted molar refractivity (Wildman–Crippen MR) is 107 cm³/mol. The average Bonchev–Trinajstić information content (AvgIpc) is 2.88. The van der Waals surface area contributed by atoms with Crippen LogP contribution in [0.25, 0.3) is 0 Å². The molecule has 1 aromatic carbocycles. The molecule has 5 heteroatoms. The van der Waals surface area contributed by atoms with E-state index in [-0.39, 0.29) is 29.4 Å². The van der Waals surface area contributed by atoms with Gasteiger partial charge in [-0.3, -0.25) is 4.99 Å². The summed E-state index contributed by atoms with van der Waals surface area (Å²) in [4.78, 5) is 9.05. The molecular formula is C17H27ClIN3. The molecule has 0 aromatic heterocycles. The van der Waals surface area contributed by atoms with Gasteiger partial charge in [-0.2, -0.15) is 0 Å². The van der Waals surface area contributed by atoms with E-state index in [0.717, 1.165) is 17.5 Å². The SMILES string of the molecule is CN(C)C(=NCC1(c2cccc(Cl)c2)CCCC1)N(C)C.I. The summed E-state index contributed by atoms with van der Waals surface area (Å²) in [5.74, 6) is 1.02. The van der Waals surface area contributed by atoms with Crippen molar-refractivity contribution in [3.63, 3.8) is 0 Å². The van der Waals surface area contributed by atoms with E-state index in [1.807, 2.05) is 34.3 Å². The van der Waals surface area contributed by atoms with Crippen LogP contribution in [0.1, 0.15) is 31.2 Å². The minimum Gasteiger partial charge on any atom is -0.349 e. The molecule has 1 aliphatic carbocycles. The number of guanidine groups is 1. The van der Waals surface area contributed by atoms with E-state index in [9.17, 15) is 0 Å². The fourth-order valence-electron chi connectivity index (χ4n) is 3.31. The third-order valence-electron chi connectivity index (χ3n) is 4.32. The van der Waals surface area contributed by atoms with Gasteiger partial charge in [-0.15, -0.1) is 24.0 Å². The van der Waals surface area contributed by atoms with Crippen LogP contribution in [0.4, 0.5) is 0 Å². The molecule has 2 rings (SSSR count). The maximum Gasteiger partial charge on any atom is 0.195 e. The van der Waals surface area contributed by atoms with E-state index in [2.05, 4.69) is 28.0 Å². The van der Waals surface area contributed by atoms with Crippen molar-refractivity contribution in [3.05, 3.63) is 34.9 Å². The molecule has 0 N–H and O–H groups in total. The zero-order valence-corrected chi connectivity index (χ0v) is 17.1. The highest BCUT2D eigenvalue weighted by atomic mass is 127. The van der Waals surface area contributed by atoms with Crippen LogP contribution >= 0.6 is 35.6 Å². The third kappa shape index (κ3) is 4.51. The van der Waals surface area contributed by atoms with Crippen LogP contribution in [0, 0.1) is 0 Å². The topological polar surface area (TPSA) is 18.8 Å². The zero-order valence-electron chi connectivity index (χ0n) is 14.0. The predicted octanol–water partition coefficient (Wildman–Crippen LogP) is 4.25. The zero-order chi connectivity index (χ0) is 15.5. The van der Waals surface area contributed by atoms with Gasteiger partial charge in [0.15, 0.2) is 5.96 Å². The maximum atomic E-state index is 6.20. The van der Waals surface area contributed by atoms with Crippen LogP contribution in [0.15, 0.2) is 29.3 Å². The Hall–Kier alpha value is -0.490. The molecule has 0 saturated heterocycles. The molecular weight excluding hydrogens is 409 g/mol. The summed E-state index contributed by atoms with van der Waals surface area (Å²) in [5, 5.41) is 0.822. The van der Waals surface area contributed by atoms with E-state index in [1.54, 1.807) is 0 Å². The molecule has 0 unspecified atom stereocenters. The summed E-state index contributed by atoms with van der Waals surface area (Å²) in [6.07, 6.45) is 4.96. The fourth-order valence-corrected chi connectivity index (χ4v) is 3.50. The lowest BCUT2D eigenvalue weighted by molar-refractivity contribution is 0.432. The summed E-state index contributed by atoms with van der Waals surface area (Å²) in [6, 6.07) is 8.33. The molecule has 0 heterocycles. The monoisotopic (exact) mass is 435 g/mol. The second-order valence-electron chi connectivity index (χ2n) is 6.40. The summed E-state index contributed by atoms with van der Waals surface area (Å²) < 4.78 is 0. The van der Waals surface area contributed by atoms with Crippen molar-refractivity contribution >= 4 is 41.5 Å². The van der Waals surface area contributed by atoms with Gasteiger partial charge >= 0.3 is 0 Å². The van der Waals surface area contributed by atoms with Gasteiger partial charge in [0.25, 0.3) is 0 Å². The van der Waals surface area contributed by atoms with Crippen molar-refractivity contribution in [3.8, 4) is 0 Å². The standard InChI is InChI=1S/C17H26ClN3.HI/c1-20(2)16(21(3)4)19-13-17(10-5-6-11-17)14-8-7-9-15(18)12-14;/h7-9,12H,5-6,10-11,13H2,1-4H3;1H. The smallest absolute Gasteiger partial charge is 0.195 e. The summed E-state index contributed by atoms with van der Waals surface area (Å²) in [5.41, 5.74) is 1.50. The van der Waals surface area contributed by atoms with Gasteiger partial charge < -0.3 is 9.80 Å². The van der Waals surface area contributed by atoms with Crippen molar-refractivity contribution in [2.24, 2.45) is 4.99 Å². The van der Waals surface area contributed by atoms with Gasteiger partial charge in [-0.1, -0.05) is 36.6 Å². The van der Waals surface area contributed by atoms with Crippen molar-refractivity contribution in [2.45, 2.75) is 31.1 Å². The number of aliphatic imine (C=N–C) groups is 1. The van der Waals surface area contributed by atoms with Crippen LogP contribution in [0.2, 0.25) is 5.02 Å². The normalized spacial score (nSPS) is 15.9. The van der Waals surface area contributed by atoms with Gasteiger partial charge in [-0.05, 0) is 30.5 Å². The number of nitrogens with zero attached hydrogens (tertiary/aromatic N) is 3. The fraction of sp³-hybridized carbons (Fsp3) is 0.588. The summed E-state index contributed by atoms with van der Waals surface area (Å²) in [6.45, 7) is 0.832. The van der Waals surface area contributed by atoms with Gasteiger partial charge in [0.2, 0.25) is 0 Å². The molecule has 1 fully saturated rings. The van der Waals surface area contributed by atoms with Crippen molar-refractivity contribution in [1.29, 1.82) is 0 Å². The van der Waals surface area contributed by atoms with E-state index in [0.29, 0.717) is 0 Å². The van der Waals surface area contributed by atoms with Gasteiger partial charge in [0.05, 0.1) is 6.54 Å². The Labute approximate surface area is 156 Å². The minimum absolute atomic E-state index is 0. The number of hydrogen-bond acceptors (Lipinski definition) is 1. The molecule has 0 radical (unpaired) electrons. The van der Waals surface area contributed by atoms with E-state index < -0.39 is 0 Å². The first-order valence-corrected chi connectivity index (χ1v) is 7.97. The Bertz CT molecular complexity index is 498. The van der Waals surface area contributed by atoms with Crippen LogP contribution in [0.5, 0.6) is 0 Å². The Kier molecular flexibility index (Phi) is 7.46. The molecule has 0 atom stereocenters. The second kappa shape index (κ2) is 8.39. The number of benzene rings is 1. The number of hydrogen-bond donors (Lipinski definition) is 0. The van der Waals surface area contributed by atoms with Gasteiger partial charge in [0, 0.05) is 38.6 Å². The highest BCUT2D eigenvalue weighted by Crippen LogP contribution is 2.42. The lowest BCUT2D eigenvalue weighted by atomic mass is 9.79. The van der Waals surface area contributed by atoms with Crippen LogP contribution < -0.4 is 0 Å². The molecule has 1 aliphatic rings. The number of halogens is 2. The summed E-state index contributed by atoms with van der Waals surface area (Å²) in [7, 11) is 8.16. The third-order valence-corrected chi connectivity index (χ3v) is 4.56. The first-order chi connectivity index (χ1) is 9.94. The highest BCUT2D eigenvalue weighted by molar-refractivity contribution is 14.0. The highest BCUT2D eigenvalue weighted by Gasteiger charge is 2.35. The lowest BCUT2D eigenvalue weighted by Crippen LogP contribution is -2.37. The first kappa shape index (κ1) is 19.6. The molecule has 0 spiro atoms. The van der Waals surface area contributed by atoms with Crippen LogP contribution in [-0.2, 0) is 5.41 Å². The minimum atomic E-state index is 0. The van der Waals surface area contributed by atoms with E-state index in [1.165, 1.54) is 31.2 Å². The second-order valence-corrected chi connectivity index (χ2v) is 6.84. The number of rotatable bonds is 3. The summed E-state index contributed by atoms with van der Waals surface area (Å²) >= 11 is 6.20. The molecule has 1 aromatic rings. The van der Waals surface area contributed by atoms with Gasteiger partial charge in [0.1, 0.15) is 0 Å². The van der Waals surface area contributed by atoms with E-state index in [4.69, 9.17) is 16.6 Å². The molecule has 3 nitrogen and oxygen atoms in total. The molecule has 1 saturated carbocycles. The molecule has 124 valence electrons. The molecule has 22 heavy (non-hydrogen) atoms. The largest absolute Gasteiger partial charge is 0.349 e. The molecule has 0 amide bonds. The Morgan fingerprint density at radius 2 is 1.73 bits per heavy atom. The lowest BCUT2D eigenvalue weighted by Gasteiger charge is -2.30. The average molecular weight is 436 g/mol. The maximum absolute atomic E-state index is 6.20. The quantitative estimate of drug-likeness (QED) is 0.401. The van der Waals surface area contributed by atoms with Crippen molar-refractivity contribution in [1.82, 2.24) is 9.80 Å². The Balaban J connectivity index is 0.00000242. The van der Waals surface area contributed by atoms with Crippen molar-refractivity contribution < 1.29 is 0 Å². The molecule has 0 bridgehead atoms. The van der Waals surface area contributed by atoms with Crippen LogP contribution in [-0.4, -0.2) is 50.5 Å². The van der Waals surface area contributed by atoms with Crippen molar-refractivity contribution in [2.75, 3.05) is 34.7 Å². The molecule has 0 aliphatic heterocycles. The van der Waals surface area contributed by atoms with E-state index >= 15 is 0 Å². The Morgan fingerprint density at radius 1 is 1.14 bits per heavy atom. The Morgan fingerprint density at radius 3 is 2.23 bits per heavy atom. The van der Waals surface area contributed by atoms with Crippen LogP contribution in [0.3, 0.4) is 0 Å². The van der Waals surface area contributed by atoms with Gasteiger partial charge in [-0.25, -0.2) is 0 Å².